The molecule has 11 heteroatoms. The van der Waals surface area contributed by atoms with Gasteiger partial charge in [-0.1, -0.05) is 23.3 Å². The predicted molar refractivity (Wildman–Crippen MR) is 115 cm³/mol. The summed E-state index contributed by atoms with van der Waals surface area (Å²) >= 11 is 0. The average molecular weight is 432 g/mol. The fourth-order valence-corrected chi connectivity index (χ4v) is 4.27. The first-order chi connectivity index (χ1) is 14.5. The molecule has 160 valence electrons. The maximum absolute atomic E-state index is 12.1. The molecule has 0 aliphatic carbocycles. The number of piperazine rings is 1. The van der Waals surface area contributed by atoms with Gasteiger partial charge in [0.05, 0.1) is 17.6 Å². The number of hydrogen-bond acceptors (Lipinski definition) is 9. The Morgan fingerprint density at radius 1 is 1.13 bits per heavy atom. The minimum absolute atomic E-state index is 0. The molecular weight excluding hydrogens is 406 g/mol. The van der Waals surface area contributed by atoms with Crippen LogP contribution >= 0.6 is 0 Å². The van der Waals surface area contributed by atoms with Crippen molar-refractivity contribution in [3.8, 4) is 11.6 Å². The molecule has 0 amide bonds. The minimum Gasteiger partial charge on any atom is -0.401 e. The summed E-state index contributed by atoms with van der Waals surface area (Å²) in [6, 6.07) is 9.80. The van der Waals surface area contributed by atoms with Gasteiger partial charge in [-0.15, -0.1) is 5.10 Å². The number of anilines is 3. The lowest BCUT2D eigenvalue weighted by atomic mass is 10.3. The van der Waals surface area contributed by atoms with Gasteiger partial charge in [0.1, 0.15) is 5.82 Å². The zero-order valence-corrected chi connectivity index (χ0v) is 17.6. The molecule has 1 aliphatic heterocycles. The molecule has 1 saturated heterocycles. The standard InChI is InChI=1S/C19H23N7O3S.H2/c1-3-30(27,28)26-11-9-25(10-12-26)16-13-20-14(2)17(22-16)18-23-24-19(29-18)21-15-7-5-4-6-8-15;/h4-8,13H,3,9-12H2,1-2H3,(H,21,24);1H. The quantitative estimate of drug-likeness (QED) is 0.627. The Balaban J connectivity index is 0.00000272. The lowest BCUT2D eigenvalue weighted by molar-refractivity contribution is 0.384. The summed E-state index contributed by atoms with van der Waals surface area (Å²) in [4.78, 5) is 11.1. The number of benzene rings is 1. The third kappa shape index (κ3) is 4.26. The molecule has 4 rings (SSSR count). The van der Waals surface area contributed by atoms with Gasteiger partial charge in [0.2, 0.25) is 10.0 Å². The highest BCUT2D eigenvalue weighted by atomic mass is 32.2. The van der Waals surface area contributed by atoms with E-state index in [1.54, 1.807) is 13.1 Å². The van der Waals surface area contributed by atoms with Crippen molar-refractivity contribution in [1.29, 1.82) is 0 Å². The van der Waals surface area contributed by atoms with E-state index in [1.807, 2.05) is 42.2 Å². The zero-order chi connectivity index (χ0) is 21.1. The second-order valence-electron chi connectivity index (χ2n) is 6.85. The monoisotopic (exact) mass is 431 g/mol. The van der Waals surface area contributed by atoms with Crippen molar-refractivity contribution in [2.75, 3.05) is 42.1 Å². The second kappa shape index (κ2) is 8.36. The lowest BCUT2D eigenvalue weighted by Gasteiger charge is -2.34. The summed E-state index contributed by atoms with van der Waals surface area (Å²) in [7, 11) is -3.18. The number of para-hydroxylation sites is 1. The first kappa shape index (κ1) is 20.2. The number of sulfonamides is 1. The maximum atomic E-state index is 12.1. The third-order valence-corrected chi connectivity index (χ3v) is 6.80. The number of rotatable bonds is 6. The van der Waals surface area contributed by atoms with E-state index in [-0.39, 0.29) is 19.1 Å². The normalized spacial score (nSPS) is 15.3. The number of nitrogens with one attached hydrogen (secondary N) is 1. The molecule has 2 aromatic heterocycles. The highest BCUT2D eigenvalue weighted by Gasteiger charge is 2.26. The van der Waals surface area contributed by atoms with Crippen LogP contribution in [0, 0.1) is 6.92 Å². The third-order valence-electron chi connectivity index (χ3n) is 4.92. The van der Waals surface area contributed by atoms with E-state index in [0.717, 1.165) is 5.69 Å². The molecule has 30 heavy (non-hydrogen) atoms. The molecule has 3 aromatic rings. The van der Waals surface area contributed by atoms with Crippen LogP contribution in [0.1, 0.15) is 14.0 Å². The molecule has 0 saturated carbocycles. The van der Waals surface area contributed by atoms with Crippen molar-refractivity contribution in [2.24, 2.45) is 0 Å². The Bertz CT molecular complexity index is 1120. The van der Waals surface area contributed by atoms with Gasteiger partial charge >= 0.3 is 6.01 Å². The molecule has 0 atom stereocenters. The fraction of sp³-hybridized carbons (Fsp3) is 0.368. The summed E-state index contributed by atoms with van der Waals surface area (Å²) in [6.07, 6.45) is 1.68. The lowest BCUT2D eigenvalue weighted by Crippen LogP contribution is -2.49. The molecule has 10 nitrogen and oxygen atoms in total. The van der Waals surface area contributed by atoms with E-state index in [9.17, 15) is 8.42 Å². The number of nitrogens with zero attached hydrogens (tertiary/aromatic N) is 6. The first-order valence-corrected chi connectivity index (χ1v) is 11.3. The van der Waals surface area contributed by atoms with Gasteiger partial charge in [-0.3, -0.25) is 4.98 Å². The molecule has 0 radical (unpaired) electrons. The van der Waals surface area contributed by atoms with Crippen molar-refractivity contribution in [3.63, 3.8) is 0 Å². The van der Waals surface area contributed by atoms with E-state index in [4.69, 9.17) is 4.42 Å². The van der Waals surface area contributed by atoms with Crippen LogP contribution in [0.3, 0.4) is 0 Å². The Morgan fingerprint density at radius 2 is 1.87 bits per heavy atom. The summed E-state index contributed by atoms with van der Waals surface area (Å²) in [6.45, 7) is 5.42. The van der Waals surface area contributed by atoms with Crippen molar-refractivity contribution in [1.82, 2.24) is 24.5 Å². The summed E-state index contributed by atoms with van der Waals surface area (Å²) in [5.41, 5.74) is 2.01. The highest BCUT2D eigenvalue weighted by Crippen LogP contribution is 2.25. The van der Waals surface area contributed by atoms with Crippen LogP contribution in [0.5, 0.6) is 0 Å². The first-order valence-electron chi connectivity index (χ1n) is 9.68. The molecule has 1 fully saturated rings. The van der Waals surface area contributed by atoms with Crippen molar-refractivity contribution >= 4 is 27.5 Å². The maximum Gasteiger partial charge on any atom is 0.320 e. The largest absolute Gasteiger partial charge is 0.401 e. The Hall–Kier alpha value is -3.05. The van der Waals surface area contributed by atoms with Crippen LogP contribution in [0.25, 0.3) is 11.6 Å². The number of hydrogen-bond donors (Lipinski definition) is 1. The number of aromatic nitrogens is 4. The number of aryl methyl sites for hydroxylation is 1. The van der Waals surface area contributed by atoms with Gasteiger partial charge in [-0.2, -0.15) is 4.31 Å². The second-order valence-corrected chi connectivity index (χ2v) is 9.11. The Labute approximate surface area is 176 Å². The molecule has 1 N–H and O–H groups in total. The Morgan fingerprint density at radius 3 is 2.57 bits per heavy atom. The summed E-state index contributed by atoms with van der Waals surface area (Å²) in [5, 5.41) is 11.2. The molecule has 3 heterocycles. The van der Waals surface area contributed by atoms with Gasteiger partial charge in [-0.05, 0) is 26.0 Å². The van der Waals surface area contributed by atoms with Gasteiger partial charge < -0.3 is 14.6 Å². The Kier molecular flexibility index (Phi) is 5.64. The molecule has 0 spiro atoms. The smallest absolute Gasteiger partial charge is 0.320 e. The molecule has 1 aliphatic rings. The molecule has 0 bridgehead atoms. The van der Waals surface area contributed by atoms with E-state index in [1.165, 1.54) is 4.31 Å². The van der Waals surface area contributed by atoms with Gasteiger partial charge in [0, 0.05) is 33.3 Å². The average Bonchev–Trinajstić information content (AvgIpc) is 3.23. The molecular formula is C19H25N7O3S. The van der Waals surface area contributed by atoms with Crippen LogP contribution in [0.2, 0.25) is 0 Å². The topological polar surface area (TPSA) is 117 Å². The zero-order valence-electron chi connectivity index (χ0n) is 16.8. The summed E-state index contributed by atoms with van der Waals surface area (Å²) < 4.78 is 31.4. The van der Waals surface area contributed by atoms with Crippen LogP contribution in [-0.4, -0.2) is 64.8 Å². The van der Waals surface area contributed by atoms with E-state index in [2.05, 4.69) is 25.5 Å². The van der Waals surface area contributed by atoms with Crippen LogP contribution in [0.4, 0.5) is 17.5 Å². The fourth-order valence-electron chi connectivity index (χ4n) is 3.19. The van der Waals surface area contributed by atoms with E-state index in [0.29, 0.717) is 43.4 Å². The summed E-state index contributed by atoms with van der Waals surface area (Å²) in [5.74, 6) is 1.03. The SMILES string of the molecule is CCS(=O)(=O)N1CCN(c2cnc(C)c(-c3nnc(Nc4ccccc4)o3)n2)CC1.[HH]. The van der Waals surface area contributed by atoms with Gasteiger partial charge in [0.15, 0.2) is 5.69 Å². The predicted octanol–water partition coefficient (Wildman–Crippen LogP) is 2.30. The van der Waals surface area contributed by atoms with Crippen LogP contribution in [0.15, 0.2) is 40.9 Å². The van der Waals surface area contributed by atoms with Crippen LogP contribution in [-0.2, 0) is 10.0 Å². The molecule has 1 aromatic carbocycles. The van der Waals surface area contributed by atoms with E-state index < -0.39 is 10.0 Å². The minimum atomic E-state index is -3.18. The highest BCUT2D eigenvalue weighted by molar-refractivity contribution is 7.89. The van der Waals surface area contributed by atoms with E-state index >= 15 is 0 Å². The van der Waals surface area contributed by atoms with Crippen molar-refractivity contribution in [2.45, 2.75) is 13.8 Å². The van der Waals surface area contributed by atoms with Crippen LogP contribution < -0.4 is 10.2 Å². The van der Waals surface area contributed by atoms with Gasteiger partial charge in [-0.25, -0.2) is 13.4 Å². The van der Waals surface area contributed by atoms with Crippen molar-refractivity contribution < 1.29 is 14.3 Å². The van der Waals surface area contributed by atoms with Gasteiger partial charge in [0.25, 0.3) is 5.89 Å². The molecule has 0 unspecified atom stereocenters. The van der Waals surface area contributed by atoms with Crippen molar-refractivity contribution in [3.05, 3.63) is 42.2 Å².